The van der Waals surface area contributed by atoms with Crippen molar-refractivity contribution in [3.05, 3.63) is 50.1 Å². The van der Waals surface area contributed by atoms with Gasteiger partial charge in [0.15, 0.2) is 0 Å². The molecular formula is C15H18BrNOS. The number of ether oxygens (including phenoxy) is 1. The van der Waals surface area contributed by atoms with Crippen LogP contribution in [0.15, 0.2) is 34.1 Å². The molecule has 0 spiro atoms. The third kappa shape index (κ3) is 3.59. The van der Waals surface area contributed by atoms with Gasteiger partial charge in [-0.2, -0.15) is 0 Å². The molecule has 0 radical (unpaired) electrons. The first-order chi connectivity index (χ1) is 8.97. The van der Waals surface area contributed by atoms with Gasteiger partial charge in [0.2, 0.25) is 0 Å². The summed E-state index contributed by atoms with van der Waals surface area (Å²) >= 11 is 5.15. The molecule has 1 aromatic heterocycles. The fourth-order valence-corrected chi connectivity index (χ4v) is 3.45. The maximum absolute atomic E-state index is 6.15. The number of thiophene rings is 1. The molecule has 4 heteroatoms. The van der Waals surface area contributed by atoms with Crippen LogP contribution in [0.1, 0.15) is 29.0 Å². The molecule has 1 aromatic carbocycles. The summed E-state index contributed by atoms with van der Waals surface area (Å²) in [7, 11) is 0. The third-order valence-corrected chi connectivity index (χ3v) is 4.63. The van der Waals surface area contributed by atoms with E-state index in [2.05, 4.69) is 54.0 Å². The first-order valence-electron chi connectivity index (χ1n) is 6.22. The fourth-order valence-electron chi connectivity index (χ4n) is 1.88. The minimum absolute atomic E-state index is 0.0644. The van der Waals surface area contributed by atoms with Gasteiger partial charge in [-0.05, 0) is 66.0 Å². The lowest BCUT2D eigenvalue weighted by Crippen LogP contribution is -2.28. The molecule has 102 valence electrons. The zero-order valence-corrected chi connectivity index (χ0v) is 13.7. The summed E-state index contributed by atoms with van der Waals surface area (Å²) in [5.41, 5.74) is 8.40. The molecule has 0 aliphatic rings. The summed E-state index contributed by atoms with van der Waals surface area (Å²) in [5, 5.41) is 0. The van der Waals surface area contributed by atoms with E-state index in [0.29, 0.717) is 0 Å². The molecule has 2 nitrogen and oxygen atoms in total. The molecular weight excluding hydrogens is 322 g/mol. The normalized spacial score (nSPS) is 14.2. The van der Waals surface area contributed by atoms with Gasteiger partial charge in [-0.15, -0.1) is 11.3 Å². The van der Waals surface area contributed by atoms with E-state index in [9.17, 15) is 0 Å². The minimum Gasteiger partial charge on any atom is -0.483 e. The Hall–Kier alpha value is -0.840. The van der Waals surface area contributed by atoms with Crippen LogP contribution in [-0.4, -0.2) is 6.04 Å². The van der Waals surface area contributed by atoms with Crippen LogP contribution in [0.25, 0.3) is 0 Å². The quantitative estimate of drug-likeness (QED) is 0.883. The minimum atomic E-state index is -0.114. The van der Waals surface area contributed by atoms with Crippen molar-refractivity contribution < 1.29 is 4.74 Å². The Morgan fingerprint density at radius 3 is 2.53 bits per heavy atom. The second kappa shape index (κ2) is 6.07. The van der Waals surface area contributed by atoms with E-state index in [1.807, 2.05) is 13.0 Å². The van der Waals surface area contributed by atoms with Crippen LogP contribution in [0, 0.1) is 13.8 Å². The molecule has 2 atom stereocenters. The van der Waals surface area contributed by atoms with Crippen LogP contribution in [0.5, 0.6) is 5.75 Å². The largest absolute Gasteiger partial charge is 0.483 e. The SMILES string of the molecule is Cc1ccc(C)c(OC(c2ccc(Br)s2)C(C)N)c1. The van der Waals surface area contributed by atoms with Crippen molar-refractivity contribution in [3.8, 4) is 5.75 Å². The molecule has 2 aromatic rings. The van der Waals surface area contributed by atoms with Gasteiger partial charge in [-0.3, -0.25) is 0 Å². The Morgan fingerprint density at radius 2 is 1.95 bits per heavy atom. The maximum atomic E-state index is 6.15. The molecule has 2 unspecified atom stereocenters. The van der Waals surface area contributed by atoms with Gasteiger partial charge in [0.1, 0.15) is 11.9 Å². The molecule has 0 aliphatic carbocycles. The van der Waals surface area contributed by atoms with Crippen LogP contribution in [0.3, 0.4) is 0 Å². The number of benzene rings is 1. The highest BCUT2D eigenvalue weighted by Gasteiger charge is 2.21. The molecule has 0 saturated heterocycles. The lowest BCUT2D eigenvalue weighted by atomic mass is 10.1. The van der Waals surface area contributed by atoms with Gasteiger partial charge in [-0.1, -0.05) is 12.1 Å². The Balaban J connectivity index is 2.29. The van der Waals surface area contributed by atoms with Gasteiger partial charge >= 0.3 is 0 Å². The van der Waals surface area contributed by atoms with Crippen molar-refractivity contribution in [1.82, 2.24) is 0 Å². The number of aryl methyl sites for hydroxylation is 2. The van der Waals surface area contributed by atoms with Crippen LogP contribution >= 0.6 is 27.3 Å². The zero-order chi connectivity index (χ0) is 14.0. The van der Waals surface area contributed by atoms with E-state index < -0.39 is 0 Å². The standard InChI is InChI=1S/C15H18BrNOS/c1-9-4-5-10(2)12(8-9)18-15(11(3)17)13-6-7-14(16)19-13/h4-8,11,15H,17H2,1-3H3. The smallest absolute Gasteiger partial charge is 0.148 e. The lowest BCUT2D eigenvalue weighted by molar-refractivity contribution is 0.183. The summed E-state index contributed by atoms with van der Waals surface area (Å²) in [4.78, 5) is 1.14. The number of nitrogens with two attached hydrogens (primary N) is 1. The summed E-state index contributed by atoms with van der Waals surface area (Å²) in [6.45, 7) is 6.09. The van der Waals surface area contributed by atoms with Gasteiger partial charge in [0, 0.05) is 10.9 Å². The highest BCUT2D eigenvalue weighted by atomic mass is 79.9. The van der Waals surface area contributed by atoms with Gasteiger partial charge < -0.3 is 10.5 Å². The van der Waals surface area contributed by atoms with E-state index >= 15 is 0 Å². The van der Waals surface area contributed by atoms with E-state index in [-0.39, 0.29) is 12.1 Å². The molecule has 2 rings (SSSR count). The van der Waals surface area contributed by atoms with E-state index in [1.165, 1.54) is 5.56 Å². The van der Waals surface area contributed by atoms with E-state index in [1.54, 1.807) is 11.3 Å². The van der Waals surface area contributed by atoms with Crippen LogP contribution < -0.4 is 10.5 Å². The van der Waals surface area contributed by atoms with Crippen LogP contribution in [0.4, 0.5) is 0 Å². The molecule has 2 N–H and O–H groups in total. The highest BCUT2D eigenvalue weighted by Crippen LogP contribution is 2.33. The Kier molecular flexibility index (Phi) is 4.66. The maximum Gasteiger partial charge on any atom is 0.148 e. The second-order valence-corrected chi connectivity index (χ2v) is 7.30. The Labute approximate surface area is 126 Å². The lowest BCUT2D eigenvalue weighted by Gasteiger charge is -2.22. The number of hydrogen-bond acceptors (Lipinski definition) is 3. The molecule has 19 heavy (non-hydrogen) atoms. The number of rotatable bonds is 4. The molecule has 0 saturated carbocycles. The molecule has 0 fully saturated rings. The van der Waals surface area contributed by atoms with Crippen molar-refractivity contribution in [2.45, 2.75) is 32.9 Å². The molecule has 1 heterocycles. The van der Waals surface area contributed by atoms with Gasteiger partial charge in [0.05, 0.1) is 3.79 Å². The summed E-state index contributed by atoms with van der Waals surface area (Å²) in [6, 6.07) is 10.3. The van der Waals surface area contributed by atoms with E-state index in [4.69, 9.17) is 10.5 Å². The summed E-state index contributed by atoms with van der Waals surface area (Å²) in [5.74, 6) is 0.909. The summed E-state index contributed by atoms with van der Waals surface area (Å²) < 4.78 is 7.25. The number of halogens is 1. The predicted octanol–water partition coefficient (Wildman–Crippen LogP) is 4.59. The highest BCUT2D eigenvalue weighted by molar-refractivity contribution is 9.11. The molecule has 0 amide bonds. The molecule has 0 bridgehead atoms. The van der Waals surface area contributed by atoms with Crippen molar-refractivity contribution in [1.29, 1.82) is 0 Å². The van der Waals surface area contributed by atoms with Crippen molar-refractivity contribution in [3.63, 3.8) is 0 Å². The zero-order valence-electron chi connectivity index (χ0n) is 11.3. The van der Waals surface area contributed by atoms with Crippen LogP contribution in [-0.2, 0) is 0 Å². The first kappa shape index (κ1) is 14.6. The average molecular weight is 340 g/mol. The topological polar surface area (TPSA) is 35.2 Å². The van der Waals surface area contributed by atoms with Crippen molar-refractivity contribution in [2.24, 2.45) is 5.73 Å². The summed E-state index contributed by atoms with van der Waals surface area (Å²) in [6.07, 6.45) is -0.114. The first-order valence-corrected chi connectivity index (χ1v) is 7.83. The Morgan fingerprint density at radius 1 is 1.21 bits per heavy atom. The van der Waals surface area contributed by atoms with Crippen molar-refractivity contribution >= 4 is 27.3 Å². The van der Waals surface area contributed by atoms with Crippen LogP contribution in [0.2, 0.25) is 0 Å². The van der Waals surface area contributed by atoms with Crippen molar-refractivity contribution in [2.75, 3.05) is 0 Å². The third-order valence-electron chi connectivity index (χ3n) is 2.95. The van der Waals surface area contributed by atoms with Gasteiger partial charge in [-0.25, -0.2) is 0 Å². The predicted molar refractivity (Wildman–Crippen MR) is 85.0 cm³/mol. The fraction of sp³-hybridized carbons (Fsp3) is 0.333. The Bertz CT molecular complexity index is 565. The monoisotopic (exact) mass is 339 g/mol. The van der Waals surface area contributed by atoms with E-state index in [0.717, 1.165) is 20.0 Å². The van der Waals surface area contributed by atoms with Gasteiger partial charge in [0.25, 0.3) is 0 Å². The number of hydrogen-bond donors (Lipinski definition) is 1. The molecule has 0 aliphatic heterocycles. The second-order valence-electron chi connectivity index (χ2n) is 4.81. The average Bonchev–Trinajstić information content (AvgIpc) is 2.76.